The van der Waals surface area contributed by atoms with Crippen molar-refractivity contribution in [3.8, 4) is 56.2 Å². The molecule has 0 atom stereocenters. The molecule has 0 aliphatic heterocycles. The fraction of sp³-hybridized carbons (Fsp3) is 0.0189. The molecule has 0 fully saturated rings. The largest absolute Gasteiger partial charge is 0.228 e. The van der Waals surface area contributed by atoms with Gasteiger partial charge in [0.05, 0.1) is 16.8 Å². The van der Waals surface area contributed by atoms with Crippen molar-refractivity contribution in [3.63, 3.8) is 0 Å². The van der Waals surface area contributed by atoms with Crippen molar-refractivity contribution in [3.05, 3.63) is 229 Å². The predicted octanol–water partition coefficient (Wildman–Crippen LogP) is 13.9. The Morgan fingerprint density at radius 1 is 0.375 bits per heavy atom. The van der Waals surface area contributed by atoms with E-state index in [0.717, 1.165) is 33.9 Å². The highest BCUT2D eigenvalue weighted by molar-refractivity contribution is 7.26. The normalized spacial score (nSPS) is 12.8. The van der Waals surface area contributed by atoms with E-state index in [9.17, 15) is 0 Å². The van der Waals surface area contributed by atoms with Gasteiger partial charge in [0.2, 0.25) is 0 Å². The number of nitrogens with zero attached hydrogens (tertiary/aromatic N) is 2. The number of thiophene rings is 1. The van der Waals surface area contributed by atoms with Gasteiger partial charge in [-0.15, -0.1) is 11.3 Å². The van der Waals surface area contributed by atoms with E-state index in [2.05, 4.69) is 182 Å². The molecule has 0 saturated carbocycles. The first-order valence-corrected chi connectivity index (χ1v) is 19.9. The molecular formula is C53H34N2S. The van der Waals surface area contributed by atoms with Gasteiger partial charge in [-0.2, -0.15) is 0 Å². The molecule has 2 aromatic heterocycles. The SMILES string of the molecule is c1ccc(-c2cc(-c3ccc(-c4ccc5c(c4)C(c4ccccc4)(c4ccccc4)c4ccccc4-5)c4c3sc3ccccc34)nc(-c3ccccc3)n2)cc1. The summed E-state index contributed by atoms with van der Waals surface area (Å²) < 4.78 is 2.48. The summed E-state index contributed by atoms with van der Waals surface area (Å²) in [6.45, 7) is 0. The summed E-state index contributed by atoms with van der Waals surface area (Å²) in [4.78, 5) is 10.4. The average Bonchev–Trinajstić information content (AvgIpc) is 3.81. The molecule has 0 unspecified atom stereocenters. The van der Waals surface area contributed by atoms with Crippen molar-refractivity contribution in [1.29, 1.82) is 0 Å². The van der Waals surface area contributed by atoms with Gasteiger partial charge in [-0.3, -0.25) is 0 Å². The monoisotopic (exact) mass is 730 g/mol. The predicted molar refractivity (Wildman–Crippen MR) is 234 cm³/mol. The standard InChI is InChI=1S/C53H34N2S/c1-5-17-35(18-6-1)47-34-48(55-52(54-47)36-19-7-2-8-20-36)43-32-31-40(50-44-26-14-16-28-49(44)56-51(43)50)37-29-30-42-41-25-13-15-27-45(41)53(46(42)33-37,38-21-9-3-10-22-38)39-23-11-4-12-24-39/h1-34H. The highest BCUT2D eigenvalue weighted by Gasteiger charge is 2.46. The van der Waals surface area contributed by atoms with Crippen LogP contribution in [0.25, 0.3) is 76.3 Å². The Hall–Kier alpha value is -6.94. The lowest BCUT2D eigenvalue weighted by molar-refractivity contribution is 0.769. The van der Waals surface area contributed by atoms with Crippen molar-refractivity contribution < 1.29 is 0 Å². The third kappa shape index (κ3) is 5.02. The number of rotatable bonds is 6. The van der Waals surface area contributed by atoms with E-state index in [1.807, 2.05) is 35.6 Å². The smallest absolute Gasteiger partial charge is 0.160 e. The lowest BCUT2D eigenvalue weighted by Gasteiger charge is -2.34. The molecule has 0 N–H and O–H groups in total. The van der Waals surface area contributed by atoms with Crippen molar-refractivity contribution in [1.82, 2.24) is 9.97 Å². The van der Waals surface area contributed by atoms with Gasteiger partial charge in [0.25, 0.3) is 0 Å². The number of hydrogen-bond donors (Lipinski definition) is 0. The minimum Gasteiger partial charge on any atom is -0.228 e. The fourth-order valence-electron chi connectivity index (χ4n) is 8.94. The third-order valence-corrected chi connectivity index (χ3v) is 12.6. The molecule has 1 aliphatic carbocycles. The molecule has 0 saturated heterocycles. The Bertz CT molecular complexity index is 2960. The van der Waals surface area contributed by atoms with Crippen LogP contribution in [0.1, 0.15) is 22.3 Å². The summed E-state index contributed by atoms with van der Waals surface area (Å²) in [7, 11) is 0. The first-order valence-electron chi connectivity index (χ1n) is 19.1. The van der Waals surface area contributed by atoms with Gasteiger partial charge < -0.3 is 0 Å². The maximum Gasteiger partial charge on any atom is 0.160 e. The Kier molecular flexibility index (Phi) is 7.61. The maximum absolute atomic E-state index is 5.27. The summed E-state index contributed by atoms with van der Waals surface area (Å²) in [5, 5.41) is 2.51. The molecule has 11 rings (SSSR count). The minimum absolute atomic E-state index is 0.469. The summed E-state index contributed by atoms with van der Waals surface area (Å²) in [5.41, 5.74) is 14.7. The first kappa shape index (κ1) is 32.5. The molecule has 0 bridgehead atoms. The molecule has 262 valence electrons. The Balaban J connectivity index is 1.17. The molecular weight excluding hydrogens is 697 g/mol. The number of aromatic nitrogens is 2. The summed E-state index contributed by atoms with van der Waals surface area (Å²) in [6, 6.07) is 74.5. The third-order valence-electron chi connectivity index (χ3n) is 11.4. The Morgan fingerprint density at radius 3 is 1.66 bits per heavy atom. The second-order valence-electron chi connectivity index (χ2n) is 14.4. The van der Waals surface area contributed by atoms with Gasteiger partial charge in [0.1, 0.15) is 0 Å². The lowest BCUT2D eigenvalue weighted by Crippen LogP contribution is -2.28. The molecule has 2 nitrogen and oxygen atoms in total. The van der Waals surface area contributed by atoms with Crippen LogP contribution >= 0.6 is 11.3 Å². The van der Waals surface area contributed by atoms with Gasteiger partial charge in [-0.1, -0.05) is 188 Å². The van der Waals surface area contributed by atoms with E-state index >= 15 is 0 Å². The van der Waals surface area contributed by atoms with Crippen LogP contribution in [0.2, 0.25) is 0 Å². The van der Waals surface area contributed by atoms with Crippen molar-refractivity contribution in [2.24, 2.45) is 0 Å². The van der Waals surface area contributed by atoms with Gasteiger partial charge in [-0.05, 0) is 62.7 Å². The Morgan fingerprint density at radius 2 is 0.929 bits per heavy atom. The van der Waals surface area contributed by atoms with Crippen LogP contribution in [0.3, 0.4) is 0 Å². The molecule has 1 aliphatic rings. The highest BCUT2D eigenvalue weighted by Crippen LogP contribution is 2.57. The van der Waals surface area contributed by atoms with Crippen molar-refractivity contribution in [2.45, 2.75) is 5.41 Å². The Labute approximate surface area is 330 Å². The molecule has 0 radical (unpaired) electrons. The van der Waals surface area contributed by atoms with Gasteiger partial charge in [0.15, 0.2) is 5.82 Å². The van der Waals surface area contributed by atoms with Crippen molar-refractivity contribution in [2.75, 3.05) is 0 Å². The first-order chi connectivity index (χ1) is 27.8. The van der Waals surface area contributed by atoms with E-state index < -0.39 is 5.41 Å². The topological polar surface area (TPSA) is 25.8 Å². The van der Waals surface area contributed by atoms with Gasteiger partial charge >= 0.3 is 0 Å². The van der Waals surface area contributed by atoms with Gasteiger partial charge in [-0.25, -0.2) is 9.97 Å². The van der Waals surface area contributed by atoms with Crippen LogP contribution in [-0.4, -0.2) is 9.97 Å². The van der Waals surface area contributed by atoms with Crippen LogP contribution in [0.15, 0.2) is 206 Å². The van der Waals surface area contributed by atoms with Crippen molar-refractivity contribution >= 4 is 31.5 Å². The molecule has 56 heavy (non-hydrogen) atoms. The maximum atomic E-state index is 5.27. The summed E-state index contributed by atoms with van der Waals surface area (Å²) >= 11 is 1.84. The van der Waals surface area contributed by atoms with E-state index in [0.29, 0.717) is 0 Å². The van der Waals surface area contributed by atoms with E-state index in [1.54, 1.807) is 0 Å². The number of hydrogen-bond acceptors (Lipinski definition) is 3. The summed E-state index contributed by atoms with van der Waals surface area (Å²) in [5.74, 6) is 0.719. The highest BCUT2D eigenvalue weighted by atomic mass is 32.1. The molecule has 10 aromatic rings. The molecule has 0 spiro atoms. The molecule has 0 amide bonds. The van der Waals surface area contributed by atoms with E-state index in [1.165, 1.54) is 64.7 Å². The van der Waals surface area contributed by atoms with Crippen LogP contribution in [0.4, 0.5) is 0 Å². The zero-order valence-electron chi connectivity index (χ0n) is 30.4. The zero-order chi connectivity index (χ0) is 37.1. The van der Waals surface area contributed by atoms with Gasteiger partial charge in [0, 0.05) is 36.9 Å². The summed E-state index contributed by atoms with van der Waals surface area (Å²) in [6.07, 6.45) is 0. The quantitative estimate of drug-likeness (QED) is 0.170. The minimum atomic E-state index is -0.469. The number of fused-ring (bicyclic) bond motifs is 6. The zero-order valence-corrected chi connectivity index (χ0v) is 31.2. The average molecular weight is 731 g/mol. The lowest BCUT2D eigenvalue weighted by atomic mass is 9.67. The van der Waals surface area contributed by atoms with E-state index in [4.69, 9.17) is 9.97 Å². The van der Waals surface area contributed by atoms with Crippen LogP contribution in [-0.2, 0) is 5.41 Å². The van der Waals surface area contributed by atoms with Crippen LogP contribution in [0, 0.1) is 0 Å². The molecule has 8 aromatic carbocycles. The molecule has 3 heteroatoms. The second kappa shape index (κ2) is 13.1. The van der Waals surface area contributed by atoms with E-state index in [-0.39, 0.29) is 0 Å². The fourth-order valence-corrected chi connectivity index (χ4v) is 10.2. The van der Waals surface area contributed by atoms with Crippen LogP contribution in [0.5, 0.6) is 0 Å². The number of benzene rings is 8. The second-order valence-corrected chi connectivity index (χ2v) is 15.5. The molecule has 2 heterocycles. The van der Waals surface area contributed by atoms with Crippen LogP contribution < -0.4 is 0 Å².